The summed E-state index contributed by atoms with van der Waals surface area (Å²) in [5.74, 6) is -2.08. The van der Waals surface area contributed by atoms with E-state index in [4.69, 9.17) is 24.2 Å². The zero-order valence-electron chi connectivity index (χ0n) is 41.0. The van der Waals surface area contributed by atoms with E-state index in [0.717, 1.165) is 22.5 Å². The Morgan fingerprint density at radius 3 is 2.18 bits per heavy atom. The summed E-state index contributed by atoms with van der Waals surface area (Å²) in [5, 5.41) is 48.0. The highest BCUT2D eigenvalue weighted by molar-refractivity contribution is 7.98. The number of nitro benzene ring substituents is 2. The molecule has 3 aliphatic rings. The molecule has 0 bridgehead atoms. The van der Waals surface area contributed by atoms with Gasteiger partial charge in [-0.25, -0.2) is 4.39 Å². The highest BCUT2D eigenvalue weighted by atomic mass is 32.2. The van der Waals surface area contributed by atoms with Gasteiger partial charge in [-0.05, 0) is 151 Å². The number of hydrogen-bond acceptors (Lipinski definition) is 13. The van der Waals surface area contributed by atoms with Gasteiger partial charge in [0.25, 0.3) is 11.4 Å². The van der Waals surface area contributed by atoms with Crippen molar-refractivity contribution >= 4 is 40.8 Å². The maximum Gasteiger partial charge on any atom is 0.269 e. The van der Waals surface area contributed by atoms with Crippen molar-refractivity contribution in [3.05, 3.63) is 194 Å². The molecule has 5 aromatic carbocycles. The van der Waals surface area contributed by atoms with E-state index in [0.29, 0.717) is 71.8 Å². The number of benzene rings is 5. The van der Waals surface area contributed by atoms with Crippen molar-refractivity contribution in [3.63, 3.8) is 0 Å². The van der Waals surface area contributed by atoms with Crippen LogP contribution >= 0.6 is 11.8 Å². The van der Waals surface area contributed by atoms with Crippen molar-refractivity contribution in [2.45, 2.75) is 80.7 Å². The summed E-state index contributed by atoms with van der Waals surface area (Å²) in [6.45, 7) is 3.99. The van der Waals surface area contributed by atoms with Gasteiger partial charge in [0.2, 0.25) is 11.7 Å². The first kappa shape index (κ1) is 53.1. The summed E-state index contributed by atoms with van der Waals surface area (Å²) >= 11 is 1.63. The number of carbonyl (C=O) groups is 1. The molecule has 6 unspecified atom stereocenters. The molecule has 1 saturated carbocycles. The average Bonchev–Trinajstić information content (AvgIpc) is 3.45. The molecule has 1 aliphatic heterocycles. The van der Waals surface area contributed by atoms with Gasteiger partial charge < -0.3 is 34.2 Å². The summed E-state index contributed by atoms with van der Waals surface area (Å²) in [4.78, 5) is 46.1. The molecule has 8 rings (SSSR count). The number of ether oxygens (including phenoxy) is 3. The second-order valence-corrected chi connectivity index (χ2v) is 19.4. The van der Waals surface area contributed by atoms with Gasteiger partial charge in [0.1, 0.15) is 35.7 Å². The number of unbranched alkanes of at least 4 members (excludes halogenated alkanes) is 2. The maximum atomic E-state index is 15.3. The SMILES string of the molecule is C=CCOC12Oc3ccc(Oc4ccc(SC)cc4)cc3C3C(CCCCO)C(CCCCO)C=C(C(=NOCc4ccc([N+](=O)[O-])cc4)CC1N(Cc1ccc(F)cc1)C(=O)C=Cc1ccc([N+](=O)[O-])cc1)C32. The topological polar surface area (TPSA) is 196 Å². The largest absolute Gasteiger partial charge is 0.459 e. The fourth-order valence-corrected chi connectivity index (χ4v) is 10.9. The molecule has 1 heterocycles. The predicted molar refractivity (Wildman–Crippen MR) is 280 cm³/mol. The van der Waals surface area contributed by atoms with Gasteiger partial charge in [-0.15, -0.1) is 18.3 Å². The number of nitro groups is 2. The van der Waals surface area contributed by atoms with Crippen LogP contribution in [0.4, 0.5) is 15.8 Å². The number of hydrogen-bond donors (Lipinski definition) is 2. The number of aliphatic hydroxyl groups excluding tert-OH is 2. The van der Waals surface area contributed by atoms with Crippen LogP contribution in [0.2, 0.25) is 0 Å². The lowest BCUT2D eigenvalue weighted by molar-refractivity contribution is -0.385. The third-order valence-corrected chi connectivity index (χ3v) is 14.7. The Hall–Kier alpha value is -7.18. The second kappa shape index (κ2) is 24.7. The number of amides is 1. The standard InChI is InChI=1S/C57H59FN4O11S/c1-3-32-70-57-53(60(36-39-10-17-42(58)18-11-39)54(65)29-16-38-12-19-43(20-13-38)61(66)67)35-51(59-71-37-40-14-21-44(22-15-40)62(68)69)49-33-41(8-4-6-30-63)48(9-5-7-31-64)55(56(49)57)50-34-46(25-28-52(50)73-57)72-45-23-26-47(74-2)27-24-45/h3,10-29,33-34,41,48,53,55-56,63-64H,1,4-9,30-32,35-37H2,2H3. The number of non-ortho nitro benzene ring substituents is 2. The van der Waals surface area contributed by atoms with Crippen molar-refractivity contribution in [2.75, 3.05) is 26.1 Å². The Morgan fingerprint density at radius 2 is 1.53 bits per heavy atom. The Kier molecular flexibility index (Phi) is 17.7. The molecular weight excluding hydrogens is 968 g/mol. The monoisotopic (exact) mass is 1030 g/mol. The second-order valence-electron chi connectivity index (χ2n) is 18.5. The molecule has 0 aromatic heterocycles. The van der Waals surface area contributed by atoms with Gasteiger partial charge >= 0.3 is 0 Å². The fourth-order valence-electron chi connectivity index (χ4n) is 10.5. The van der Waals surface area contributed by atoms with Crippen LogP contribution in [0.5, 0.6) is 17.2 Å². The quantitative estimate of drug-likeness (QED) is 0.0148. The first-order chi connectivity index (χ1) is 35.9. The lowest BCUT2D eigenvalue weighted by atomic mass is 9.55. The summed E-state index contributed by atoms with van der Waals surface area (Å²) < 4.78 is 35.7. The van der Waals surface area contributed by atoms with E-state index in [9.17, 15) is 34.8 Å². The van der Waals surface area contributed by atoms with Crippen LogP contribution in [0, 0.1) is 43.8 Å². The normalized spacial score (nSPS) is 21.2. The van der Waals surface area contributed by atoms with Gasteiger partial charge in [-0.1, -0.05) is 42.3 Å². The summed E-state index contributed by atoms with van der Waals surface area (Å²) in [5.41, 5.74) is 3.73. The molecule has 6 atom stereocenters. The van der Waals surface area contributed by atoms with Crippen molar-refractivity contribution < 1.29 is 48.3 Å². The Balaban J connectivity index is 1.33. The van der Waals surface area contributed by atoms with Crippen LogP contribution < -0.4 is 9.47 Å². The van der Waals surface area contributed by atoms with E-state index in [2.05, 4.69) is 12.7 Å². The molecule has 15 nitrogen and oxygen atoms in total. The highest BCUT2D eigenvalue weighted by Crippen LogP contribution is 2.62. The number of thioether (sulfide) groups is 1. The molecule has 0 spiro atoms. The minimum Gasteiger partial charge on any atom is -0.459 e. The highest BCUT2D eigenvalue weighted by Gasteiger charge is 2.65. The average molecular weight is 1030 g/mol. The van der Waals surface area contributed by atoms with Crippen LogP contribution in [0.25, 0.3) is 6.08 Å². The van der Waals surface area contributed by atoms with E-state index >= 15 is 4.79 Å². The number of rotatable bonds is 24. The van der Waals surface area contributed by atoms with Crippen molar-refractivity contribution in [2.24, 2.45) is 22.9 Å². The number of halogens is 1. The fraction of sp³-hybridized carbons (Fsp3) is 0.333. The number of aliphatic hydroxyl groups is 2. The van der Waals surface area contributed by atoms with Crippen molar-refractivity contribution in [1.82, 2.24) is 4.90 Å². The van der Waals surface area contributed by atoms with Gasteiger partial charge in [-0.2, -0.15) is 0 Å². The molecule has 1 amide bonds. The Bertz CT molecular complexity index is 2860. The number of carbonyl (C=O) groups excluding carboxylic acids is 1. The van der Waals surface area contributed by atoms with Gasteiger partial charge in [0.05, 0.1) is 28.1 Å². The minimum absolute atomic E-state index is 0.00497. The van der Waals surface area contributed by atoms with Crippen LogP contribution in [-0.4, -0.2) is 74.5 Å². The predicted octanol–water partition coefficient (Wildman–Crippen LogP) is 11.7. The van der Waals surface area contributed by atoms with Crippen molar-refractivity contribution in [3.8, 4) is 17.2 Å². The van der Waals surface area contributed by atoms with E-state index in [1.54, 1.807) is 65.2 Å². The molecular formula is C57H59FN4O11S. The van der Waals surface area contributed by atoms with Gasteiger partial charge in [-0.3, -0.25) is 25.0 Å². The maximum absolute atomic E-state index is 15.3. The van der Waals surface area contributed by atoms with Gasteiger partial charge in [0, 0.05) is 72.9 Å². The third kappa shape index (κ3) is 12.2. The zero-order valence-corrected chi connectivity index (χ0v) is 41.8. The summed E-state index contributed by atoms with van der Waals surface area (Å²) in [6.07, 6.45) is 12.8. The van der Waals surface area contributed by atoms with Crippen LogP contribution in [0.15, 0.2) is 156 Å². The minimum atomic E-state index is -1.65. The third-order valence-electron chi connectivity index (χ3n) is 13.9. The van der Waals surface area contributed by atoms with E-state index in [-0.39, 0.29) is 68.5 Å². The number of allylic oxidation sites excluding steroid dienone is 1. The lowest BCUT2D eigenvalue weighted by Gasteiger charge is -2.60. The van der Waals surface area contributed by atoms with Crippen LogP contribution in [-0.2, 0) is 27.5 Å². The zero-order chi connectivity index (χ0) is 52.2. The number of fused-ring (bicyclic) bond motifs is 2. The number of oxime groups is 1. The first-order valence-corrected chi connectivity index (χ1v) is 25.9. The Morgan fingerprint density at radius 1 is 0.878 bits per heavy atom. The van der Waals surface area contributed by atoms with E-state index in [1.165, 1.54) is 42.5 Å². The Labute approximate surface area is 433 Å². The lowest BCUT2D eigenvalue weighted by Crippen LogP contribution is -2.70. The molecule has 2 N–H and O–H groups in total. The molecule has 17 heteroatoms. The van der Waals surface area contributed by atoms with E-state index in [1.807, 2.05) is 48.7 Å². The first-order valence-electron chi connectivity index (χ1n) is 24.7. The van der Waals surface area contributed by atoms with Crippen LogP contribution in [0.3, 0.4) is 0 Å². The molecule has 2 aliphatic carbocycles. The molecule has 386 valence electrons. The van der Waals surface area contributed by atoms with Crippen molar-refractivity contribution in [1.29, 1.82) is 0 Å². The van der Waals surface area contributed by atoms with E-state index < -0.39 is 39.3 Å². The molecule has 0 radical (unpaired) electrons. The van der Waals surface area contributed by atoms with Crippen LogP contribution in [0.1, 0.15) is 73.1 Å². The molecule has 1 fully saturated rings. The molecule has 74 heavy (non-hydrogen) atoms. The number of nitrogens with zero attached hydrogens (tertiary/aromatic N) is 4. The smallest absolute Gasteiger partial charge is 0.269 e. The van der Waals surface area contributed by atoms with Gasteiger partial charge in [0.15, 0.2) is 0 Å². The summed E-state index contributed by atoms with van der Waals surface area (Å²) in [7, 11) is 0. The molecule has 5 aromatic rings. The molecule has 0 saturated heterocycles. The summed E-state index contributed by atoms with van der Waals surface area (Å²) in [6, 6.07) is 30.2.